The second-order valence-corrected chi connectivity index (χ2v) is 12.0. The van der Waals surface area contributed by atoms with Gasteiger partial charge in [-0.2, -0.15) is 47.9 Å². The summed E-state index contributed by atoms with van der Waals surface area (Å²) < 4.78 is 134. The minimum absolute atomic E-state index is 1.37. The summed E-state index contributed by atoms with van der Waals surface area (Å²) in [5.74, 6) is -14.7. The van der Waals surface area contributed by atoms with Gasteiger partial charge in [-0.1, -0.05) is 103 Å². The number of halogens is 9. The van der Waals surface area contributed by atoms with Gasteiger partial charge in [0.2, 0.25) is 0 Å². The van der Waals surface area contributed by atoms with Crippen LogP contribution < -0.4 is 0 Å². The summed E-state index contributed by atoms with van der Waals surface area (Å²) in [4.78, 5) is 2.66. The van der Waals surface area contributed by atoms with Crippen LogP contribution in [0, 0.1) is 0 Å². The molecule has 1 heterocycles. The zero-order valence-corrected chi connectivity index (χ0v) is 24.2. The van der Waals surface area contributed by atoms with Gasteiger partial charge in [0.15, 0.2) is 0 Å². The van der Waals surface area contributed by atoms with Gasteiger partial charge in [-0.3, -0.25) is 4.55 Å². The van der Waals surface area contributed by atoms with E-state index in [4.69, 9.17) is 4.55 Å². The topological polar surface area (TPSA) is 57.6 Å². The van der Waals surface area contributed by atoms with E-state index in [-0.39, 0.29) is 0 Å². The molecule has 0 aromatic heterocycles. The molecule has 0 aromatic rings. The average Bonchev–Trinajstić information content (AvgIpc) is 3.36. The highest BCUT2D eigenvalue weighted by Gasteiger charge is 2.85. The van der Waals surface area contributed by atoms with Gasteiger partial charge in [0.25, 0.3) is 0 Å². The van der Waals surface area contributed by atoms with Gasteiger partial charge >= 0.3 is 33.4 Å². The third-order valence-electron chi connectivity index (χ3n) is 6.97. The van der Waals surface area contributed by atoms with Gasteiger partial charge in [-0.25, -0.2) is 0 Å². The second-order valence-electron chi connectivity index (χ2n) is 10.5. The molecule has 1 N–H and O–H groups in total. The molecular formula is C26H46F9NO3S. The predicted molar refractivity (Wildman–Crippen MR) is 138 cm³/mol. The molecule has 0 aliphatic carbocycles. The Labute approximate surface area is 233 Å². The highest BCUT2D eigenvalue weighted by Crippen LogP contribution is 2.54. The minimum atomic E-state index is -7.37. The van der Waals surface area contributed by atoms with Crippen LogP contribution in [0.25, 0.3) is 0 Å². The molecule has 0 spiro atoms. The normalized spacial score (nSPS) is 15.8. The van der Waals surface area contributed by atoms with E-state index in [0.717, 1.165) is 0 Å². The Kier molecular flexibility index (Phi) is 18.4. The lowest BCUT2D eigenvalue weighted by Gasteiger charge is -2.31. The fraction of sp³-hybridized carbons (Fsp3) is 1.00. The molecule has 14 heteroatoms. The quantitative estimate of drug-likeness (QED) is 0.0834. The maximum atomic E-state index is 12.2. The summed E-state index contributed by atoms with van der Waals surface area (Å²) in [5, 5.41) is -7.00. The van der Waals surface area contributed by atoms with Crippen molar-refractivity contribution < 1.29 is 52.5 Å². The summed E-state index contributed by atoms with van der Waals surface area (Å²) in [6.45, 7) is 6.42. The zero-order chi connectivity index (χ0) is 30.9. The van der Waals surface area contributed by atoms with Gasteiger partial charge in [0, 0.05) is 0 Å². The molecule has 0 amide bonds. The van der Waals surface area contributed by atoms with Gasteiger partial charge in [0.1, 0.15) is 0 Å². The van der Waals surface area contributed by atoms with E-state index < -0.39 is 33.4 Å². The van der Waals surface area contributed by atoms with Gasteiger partial charge in [0.05, 0.1) is 0 Å². The number of rotatable bonds is 20. The van der Waals surface area contributed by atoms with E-state index in [1.165, 1.54) is 135 Å². The monoisotopic (exact) mass is 623 g/mol. The van der Waals surface area contributed by atoms with Crippen LogP contribution in [-0.2, 0) is 10.1 Å². The molecule has 1 rings (SSSR count). The van der Waals surface area contributed by atoms with E-state index in [2.05, 4.69) is 11.8 Å². The summed E-state index contributed by atoms with van der Waals surface area (Å²) in [6, 6.07) is 0. The Morgan fingerprint density at radius 2 is 0.900 bits per heavy atom. The molecule has 0 aromatic carbocycles. The fourth-order valence-corrected chi connectivity index (χ4v) is 4.86. The van der Waals surface area contributed by atoms with Gasteiger partial charge < -0.3 is 4.90 Å². The molecule has 0 saturated carbocycles. The van der Waals surface area contributed by atoms with E-state index >= 15 is 0 Å². The SMILES string of the molecule is CCCCCCCCCCCCCCCCCCN1CCCC1.O=S(=O)(O)C(F)(F)C(F)(F)C(F)(F)C(F)(F)F. The van der Waals surface area contributed by atoms with Crippen molar-refractivity contribution in [1.29, 1.82) is 0 Å². The first-order valence-corrected chi connectivity index (χ1v) is 15.8. The first-order valence-electron chi connectivity index (χ1n) is 14.3. The van der Waals surface area contributed by atoms with Crippen molar-refractivity contribution in [2.75, 3.05) is 19.6 Å². The molecule has 242 valence electrons. The third-order valence-corrected chi connectivity index (χ3v) is 7.87. The second kappa shape index (κ2) is 18.7. The van der Waals surface area contributed by atoms with E-state index in [1.54, 1.807) is 0 Å². The minimum Gasteiger partial charge on any atom is -0.303 e. The van der Waals surface area contributed by atoms with Crippen LogP contribution in [0.5, 0.6) is 0 Å². The number of hydrogen-bond acceptors (Lipinski definition) is 3. The lowest BCUT2D eigenvalue weighted by molar-refractivity contribution is -0.382. The lowest BCUT2D eigenvalue weighted by Crippen LogP contribution is -2.63. The highest BCUT2D eigenvalue weighted by atomic mass is 32.2. The number of hydrogen-bond donors (Lipinski definition) is 1. The summed E-state index contributed by atoms with van der Waals surface area (Å²) in [5.41, 5.74) is 0. The standard InChI is InChI=1S/C22H45N.C4HF9O3S/c1-2-3-4-5-6-7-8-9-10-11-12-13-14-15-16-17-20-23-21-18-19-22-23;5-1(6,3(9,10)11)2(7,8)4(12,13)17(14,15)16/h2-22H2,1H3;(H,14,15,16). The van der Waals surface area contributed by atoms with Crippen molar-refractivity contribution in [2.24, 2.45) is 0 Å². The summed E-state index contributed by atoms with van der Waals surface area (Å²) >= 11 is 0. The smallest absolute Gasteiger partial charge is 0.303 e. The Morgan fingerprint density at radius 1 is 0.575 bits per heavy atom. The van der Waals surface area contributed by atoms with Crippen molar-refractivity contribution in [3.63, 3.8) is 0 Å². The van der Waals surface area contributed by atoms with Crippen molar-refractivity contribution in [2.45, 2.75) is 146 Å². The molecule has 1 aliphatic heterocycles. The first-order chi connectivity index (χ1) is 18.4. The summed E-state index contributed by atoms with van der Waals surface area (Å²) in [6.07, 6.45) is 19.3. The van der Waals surface area contributed by atoms with Crippen LogP contribution in [0.2, 0.25) is 0 Å². The van der Waals surface area contributed by atoms with Gasteiger partial charge in [-0.15, -0.1) is 0 Å². The number of nitrogens with zero attached hydrogens (tertiary/aromatic N) is 1. The Balaban J connectivity index is 0.000000799. The van der Waals surface area contributed by atoms with Crippen molar-refractivity contribution >= 4 is 10.1 Å². The molecule has 0 radical (unpaired) electrons. The Bertz CT molecular complexity index is 757. The number of likely N-dealkylation sites (tertiary alicyclic amines) is 1. The molecule has 1 fully saturated rings. The third kappa shape index (κ3) is 13.5. The first kappa shape index (κ1) is 39.2. The van der Waals surface area contributed by atoms with Gasteiger partial charge in [-0.05, 0) is 38.9 Å². The Morgan fingerprint density at radius 3 is 1.20 bits per heavy atom. The van der Waals surface area contributed by atoms with Crippen LogP contribution in [-0.4, -0.2) is 60.8 Å². The summed E-state index contributed by atoms with van der Waals surface area (Å²) in [7, 11) is -7.17. The largest absolute Gasteiger partial charge is 0.460 e. The highest BCUT2D eigenvalue weighted by molar-refractivity contribution is 7.87. The molecule has 0 unspecified atom stereocenters. The number of alkyl halides is 9. The van der Waals surface area contributed by atoms with Crippen molar-refractivity contribution in [1.82, 2.24) is 4.90 Å². The van der Waals surface area contributed by atoms with Crippen LogP contribution in [0.4, 0.5) is 39.5 Å². The molecule has 1 aliphatic rings. The number of unbranched alkanes of at least 4 members (excludes halogenated alkanes) is 15. The zero-order valence-electron chi connectivity index (χ0n) is 23.4. The van der Waals surface area contributed by atoms with Crippen molar-refractivity contribution in [3.8, 4) is 0 Å². The maximum Gasteiger partial charge on any atom is 0.460 e. The average molecular weight is 624 g/mol. The molecule has 1 saturated heterocycles. The van der Waals surface area contributed by atoms with E-state index in [9.17, 15) is 47.9 Å². The molecule has 4 nitrogen and oxygen atoms in total. The maximum absolute atomic E-state index is 12.2. The van der Waals surface area contributed by atoms with Crippen molar-refractivity contribution in [3.05, 3.63) is 0 Å². The van der Waals surface area contributed by atoms with E-state index in [0.29, 0.717) is 0 Å². The van der Waals surface area contributed by atoms with E-state index in [1.807, 2.05) is 0 Å². The predicted octanol–water partition coefficient (Wildman–Crippen LogP) is 9.64. The van der Waals surface area contributed by atoms with Crippen LogP contribution in [0.3, 0.4) is 0 Å². The van der Waals surface area contributed by atoms with Crippen LogP contribution in [0.15, 0.2) is 0 Å². The Hall–Kier alpha value is -0.760. The lowest BCUT2D eigenvalue weighted by atomic mass is 10.0. The molecule has 0 atom stereocenters. The van der Waals surface area contributed by atoms with Crippen LogP contribution in [0.1, 0.15) is 122 Å². The fourth-order valence-electron chi connectivity index (χ4n) is 4.41. The van der Waals surface area contributed by atoms with Crippen LogP contribution >= 0.6 is 0 Å². The molecule has 0 bridgehead atoms. The molecular weight excluding hydrogens is 577 g/mol. The molecule has 40 heavy (non-hydrogen) atoms.